The van der Waals surface area contributed by atoms with Crippen molar-refractivity contribution < 1.29 is 9.18 Å². The lowest BCUT2D eigenvalue weighted by atomic mass is 10.0. The highest BCUT2D eigenvalue weighted by Gasteiger charge is 2.41. The van der Waals surface area contributed by atoms with E-state index in [1.54, 1.807) is 17.0 Å². The predicted molar refractivity (Wildman–Crippen MR) is 82.1 cm³/mol. The SMILES string of the molecule is CC(C)CCN1C(=O)C(C(C)C)NC1c1ccccc1F. The molecular formula is C17H25FN2O. The van der Waals surface area contributed by atoms with Crippen molar-refractivity contribution >= 4 is 5.91 Å². The minimum absolute atomic E-state index is 0.0823. The van der Waals surface area contributed by atoms with Crippen LogP contribution in [0, 0.1) is 17.7 Å². The Morgan fingerprint density at radius 1 is 1.24 bits per heavy atom. The van der Waals surface area contributed by atoms with Gasteiger partial charge in [-0.25, -0.2) is 4.39 Å². The van der Waals surface area contributed by atoms with E-state index >= 15 is 0 Å². The van der Waals surface area contributed by atoms with E-state index in [0.717, 1.165) is 6.42 Å². The highest BCUT2D eigenvalue weighted by atomic mass is 19.1. The maximum absolute atomic E-state index is 14.1. The van der Waals surface area contributed by atoms with Gasteiger partial charge in [0.1, 0.15) is 12.0 Å². The molecule has 21 heavy (non-hydrogen) atoms. The van der Waals surface area contributed by atoms with Crippen LogP contribution in [0.3, 0.4) is 0 Å². The number of halogens is 1. The minimum atomic E-state index is -0.357. The normalized spacial score (nSPS) is 22.6. The van der Waals surface area contributed by atoms with Gasteiger partial charge in [-0.3, -0.25) is 10.1 Å². The van der Waals surface area contributed by atoms with Crippen molar-refractivity contribution in [1.82, 2.24) is 10.2 Å². The highest BCUT2D eigenvalue weighted by Crippen LogP contribution is 2.30. The minimum Gasteiger partial charge on any atom is -0.321 e. The first kappa shape index (κ1) is 16.0. The fourth-order valence-corrected chi connectivity index (χ4v) is 2.71. The lowest BCUT2D eigenvalue weighted by Gasteiger charge is -2.25. The molecular weight excluding hydrogens is 267 g/mol. The zero-order chi connectivity index (χ0) is 15.6. The average Bonchev–Trinajstić information content (AvgIpc) is 2.74. The molecule has 1 N–H and O–H groups in total. The van der Waals surface area contributed by atoms with Crippen LogP contribution >= 0.6 is 0 Å². The Hall–Kier alpha value is -1.42. The molecule has 3 nitrogen and oxygen atoms in total. The third kappa shape index (κ3) is 3.43. The Balaban J connectivity index is 2.28. The van der Waals surface area contributed by atoms with Gasteiger partial charge in [-0.05, 0) is 24.3 Å². The Bertz CT molecular complexity index is 501. The summed E-state index contributed by atoms with van der Waals surface area (Å²) in [5.74, 6) is 0.522. The monoisotopic (exact) mass is 292 g/mol. The van der Waals surface area contributed by atoms with Crippen molar-refractivity contribution in [3.8, 4) is 0 Å². The molecule has 116 valence electrons. The van der Waals surface area contributed by atoms with Crippen LogP contribution in [0.15, 0.2) is 24.3 Å². The lowest BCUT2D eigenvalue weighted by molar-refractivity contribution is -0.131. The fraction of sp³-hybridized carbons (Fsp3) is 0.588. The van der Waals surface area contributed by atoms with Crippen LogP contribution in [0.4, 0.5) is 4.39 Å². The summed E-state index contributed by atoms with van der Waals surface area (Å²) in [6, 6.07) is 6.46. The molecule has 0 bridgehead atoms. The van der Waals surface area contributed by atoms with Crippen LogP contribution in [0.5, 0.6) is 0 Å². The topological polar surface area (TPSA) is 32.3 Å². The third-order valence-electron chi connectivity index (χ3n) is 4.01. The highest BCUT2D eigenvalue weighted by molar-refractivity contribution is 5.84. The van der Waals surface area contributed by atoms with Crippen molar-refractivity contribution in [3.05, 3.63) is 35.6 Å². The molecule has 1 fully saturated rings. The maximum Gasteiger partial charge on any atom is 0.241 e. The van der Waals surface area contributed by atoms with Gasteiger partial charge in [0.25, 0.3) is 0 Å². The smallest absolute Gasteiger partial charge is 0.241 e. The van der Waals surface area contributed by atoms with Crippen LogP contribution in [-0.4, -0.2) is 23.4 Å². The first-order valence-corrected chi connectivity index (χ1v) is 7.72. The van der Waals surface area contributed by atoms with Gasteiger partial charge in [0, 0.05) is 12.1 Å². The number of hydrogen-bond donors (Lipinski definition) is 1. The molecule has 2 unspecified atom stereocenters. The number of carbonyl (C=O) groups excluding carboxylic acids is 1. The van der Waals surface area contributed by atoms with Crippen molar-refractivity contribution in [2.24, 2.45) is 11.8 Å². The molecule has 1 aromatic carbocycles. The van der Waals surface area contributed by atoms with E-state index in [0.29, 0.717) is 18.0 Å². The Morgan fingerprint density at radius 3 is 2.48 bits per heavy atom. The van der Waals surface area contributed by atoms with Gasteiger partial charge in [-0.2, -0.15) is 0 Å². The van der Waals surface area contributed by atoms with Crippen molar-refractivity contribution in [1.29, 1.82) is 0 Å². The van der Waals surface area contributed by atoms with Crippen molar-refractivity contribution in [3.63, 3.8) is 0 Å². The van der Waals surface area contributed by atoms with Gasteiger partial charge in [0.2, 0.25) is 5.91 Å². The van der Waals surface area contributed by atoms with Gasteiger partial charge in [0.15, 0.2) is 0 Å². The summed E-state index contributed by atoms with van der Waals surface area (Å²) in [5.41, 5.74) is 0.553. The van der Waals surface area contributed by atoms with E-state index in [4.69, 9.17) is 0 Å². The van der Waals surface area contributed by atoms with Crippen molar-refractivity contribution in [2.45, 2.75) is 46.3 Å². The number of amides is 1. The largest absolute Gasteiger partial charge is 0.321 e. The van der Waals surface area contributed by atoms with E-state index in [1.807, 2.05) is 19.9 Å². The quantitative estimate of drug-likeness (QED) is 0.903. The zero-order valence-corrected chi connectivity index (χ0v) is 13.3. The van der Waals surface area contributed by atoms with Crippen LogP contribution in [-0.2, 0) is 4.79 Å². The summed E-state index contributed by atoms with van der Waals surface area (Å²) in [6.07, 6.45) is 0.563. The molecule has 1 aromatic rings. The van der Waals surface area contributed by atoms with E-state index in [9.17, 15) is 9.18 Å². The second-order valence-corrected chi connectivity index (χ2v) is 6.53. The molecule has 4 heteroatoms. The standard InChI is InChI=1S/C17H25FN2O/c1-11(2)9-10-20-16(13-7-5-6-8-14(13)18)19-15(12(3)4)17(20)21/h5-8,11-12,15-16,19H,9-10H2,1-4H3. The molecule has 1 amide bonds. The van der Waals surface area contributed by atoms with Crippen molar-refractivity contribution in [2.75, 3.05) is 6.54 Å². The first-order chi connectivity index (χ1) is 9.91. The van der Waals surface area contributed by atoms with Crippen LogP contribution in [0.2, 0.25) is 0 Å². The number of benzene rings is 1. The molecule has 0 saturated carbocycles. The first-order valence-electron chi connectivity index (χ1n) is 7.72. The zero-order valence-electron chi connectivity index (χ0n) is 13.3. The van der Waals surface area contributed by atoms with E-state index in [-0.39, 0.29) is 29.8 Å². The number of hydrogen-bond acceptors (Lipinski definition) is 2. The Kier molecular flexibility index (Phi) is 4.99. The molecule has 0 radical (unpaired) electrons. The molecule has 1 heterocycles. The summed E-state index contributed by atoms with van der Waals surface area (Å²) in [4.78, 5) is 14.4. The summed E-state index contributed by atoms with van der Waals surface area (Å²) in [6.45, 7) is 8.95. The number of nitrogens with zero attached hydrogens (tertiary/aromatic N) is 1. The molecule has 2 atom stereocenters. The second kappa shape index (κ2) is 6.56. The molecule has 0 aromatic heterocycles. The summed E-state index contributed by atoms with van der Waals surface area (Å²) < 4.78 is 14.1. The van der Waals surface area contributed by atoms with E-state index < -0.39 is 0 Å². The van der Waals surface area contributed by atoms with Gasteiger partial charge >= 0.3 is 0 Å². The molecule has 0 spiro atoms. The predicted octanol–water partition coefficient (Wildman–Crippen LogP) is 3.33. The summed E-state index contributed by atoms with van der Waals surface area (Å²) >= 11 is 0. The van der Waals surface area contributed by atoms with Crippen LogP contribution < -0.4 is 5.32 Å². The fourth-order valence-electron chi connectivity index (χ4n) is 2.71. The number of nitrogens with one attached hydrogen (secondary N) is 1. The Labute approximate surface area is 126 Å². The molecule has 0 aliphatic carbocycles. The summed E-state index contributed by atoms with van der Waals surface area (Å²) in [5, 5.41) is 3.31. The third-order valence-corrected chi connectivity index (χ3v) is 4.01. The Morgan fingerprint density at radius 2 is 1.90 bits per heavy atom. The maximum atomic E-state index is 14.1. The second-order valence-electron chi connectivity index (χ2n) is 6.53. The molecule has 1 aliphatic heterocycles. The van der Waals surface area contributed by atoms with Gasteiger partial charge in [0.05, 0.1) is 6.04 Å². The van der Waals surface area contributed by atoms with Gasteiger partial charge in [-0.15, -0.1) is 0 Å². The number of rotatable bonds is 5. The van der Waals surface area contributed by atoms with E-state index in [1.165, 1.54) is 6.07 Å². The van der Waals surface area contributed by atoms with Crippen LogP contribution in [0.1, 0.15) is 45.8 Å². The molecule has 1 aliphatic rings. The van der Waals surface area contributed by atoms with E-state index in [2.05, 4.69) is 19.2 Å². The van der Waals surface area contributed by atoms with Gasteiger partial charge < -0.3 is 4.90 Å². The summed E-state index contributed by atoms with van der Waals surface area (Å²) in [7, 11) is 0. The van der Waals surface area contributed by atoms with Gasteiger partial charge in [-0.1, -0.05) is 45.9 Å². The molecule has 1 saturated heterocycles. The number of carbonyl (C=O) groups is 1. The average molecular weight is 292 g/mol. The molecule has 2 rings (SSSR count). The lowest BCUT2D eigenvalue weighted by Crippen LogP contribution is -2.35. The van der Waals surface area contributed by atoms with Crippen LogP contribution in [0.25, 0.3) is 0 Å².